The smallest absolute Gasteiger partial charge is 0.326 e. The molecular formula is C19H14N4O4. The molecule has 27 heavy (non-hydrogen) atoms. The number of aromatic nitrogens is 1. The SMILES string of the molecule is O=C1NC(=O)/C(=C\c2cn(Cc3cccc([N+](=O)[O-])c3)c3ccccc23)N1. The van der Waals surface area contributed by atoms with Crippen LogP contribution in [0.1, 0.15) is 11.1 Å². The highest BCUT2D eigenvalue weighted by Gasteiger charge is 2.23. The van der Waals surface area contributed by atoms with Crippen LogP contribution in [0.25, 0.3) is 17.0 Å². The van der Waals surface area contributed by atoms with Gasteiger partial charge in [-0.05, 0) is 17.7 Å². The average molecular weight is 362 g/mol. The number of non-ortho nitro benzene ring substituents is 1. The summed E-state index contributed by atoms with van der Waals surface area (Å²) in [6.45, 7) is 0.434. The van der Waals surface area contributed by atoms with Crippen molar-refractivity contribution in [2.24, 2.45) is 0 Å². The Hall–Kier alpha value is -3.94. The fraction of sp³-hybridized carbons (Fsp3) is 0.0526. The van der Waals surface area contributed by atoms with Crippen molar-refractivity contribution >= 4 is 34.6 Å². The highest BCUT2D eigenvalue weighted by atomic mass is 16.6. The summed E-state index contributed by atoms with van der Waals surface area (Å²) in [5.41, 5.74) is 2.69. The van der Waals surface area contributed by atoms with Gasteiger partial charge in [0.05, 0.1) is 4.92 Å². The van der Waals surface area contributed by atoms with Crippen molar-refractivity contribution in [3.05, 3.63) is 81.7 Å². The molecule has 1 aromatic heterocycles. The van der Waals surface area contributed by atoms with Crippen molar-refractivity contribution in [1.29, 1.82) is 0 Å². The molecule has 3 amide bonds. The molecule has 8 heteroatoms. The molecule has 0 saturated carbocycles. The number of carbonyl (C=O) groups is 2. The molecule has 0 unspecified atom stereocenters. The fourth-order valence-electron chi connectivity index (χ4n) is 3.12. The first kappa shape index (κ1) is 16.5. The molecule has 3 aromatic rings. The highest BCUT2D eigenvalue weighted by molar-refractivity contribution is 6.14. The Balaban J connectivity index is 1.75. The number of nitrogens with zero attached hydrogens (tertiary/aromatic N) is 2. The Bertz CT molecular complexity index is 1130. The summed E-state index contributed by atoms with van der Waals surface area (Å²) in [7, 11) is 0. The van der Waals surface area contributed by atoms with Crippen molar-refractivity contribution in [2.45, 2.75) is 6.54 Å². The van der Waals surface area contributed by atoms with E-state index in [4.69, 9.17) is 0 Å². The number of hydrogen-bond donors (Lipinski definition) is 2. The van der Waals surface area contributed by atoms with E-state index < -0.39 is 16.9 Å². The van der Waals surface area contributed by atoms with Crippen molar-refractivity contribution in [3.63, 3.8) is 0 Å². The topological polar surface area (TPSA) is 106 Å². The van der Waals surface area contributed by atoms with Gasteiger partial charge in [0, 0.05) is 41.3 Å². The van der Waals surface area contributed by atoms with Crippen molar-refractivity contribution in [1.82, 2.24) is 15.2 Å². The largest absolute Gasteiger partial charge is 0.342 e. The van der Waals surface area contributed by atoms with Gasteiger partial charge in [-0.15, -0.1) is 0 Å². The standard InChI is InChI=1S/C19H14N4O4/c24-18-16(20-19(25)21-18)9-13-11-22(17-7-2-1-6-15(13)17)10-12-4-3-5-14(8-12)23(26)27/h1-9,11H,10H2,(H2,20,21,24,25)/b16-9+. The number of nitro benzene ring substituents is 1. The molecule has 1 saturated heterocycles. The van der Waals surface area contributed by atoms with E-state index in [1.165, 1.54) is 12.1 Å². The predicted octanol–water partition coefficient (Wildman–Crippen LogP) is 2.78. The van der Waals surface area contributed by atoms with Gasteiger partial charge < -0.3 is 9.88 Å². The normalized spacial score (nSPS) is 15.2. The molecule has 0 aliphatic carbocycles. The maximum atomic E-state index is 11.8. The van der Waals surface area contributed by atoms with E-state index in [2.05, 4.69) is 10.6 Å². The third-order valence-electron chi connectivity index (χ3n) is 4.31. The van der Waals surface area contributed by atoms with Gasteiger partial charge in [-0.2, -0.15) is 0 Å². The van der Waals surface area contributed by atoms with Crippen LogP contribution >= 0.6 is 0 Å². The van der Waals surface area contributed by atoms with Crippen LogP contribution in [0.3, 0.4) is 0 Å². The molecular weight excluding hydrogens is 348 g/mol. The van der Waals surface area contributed by atoms with E-state index in [9.17, 15) is 19.7 Å². The number of imide groups is 1. The minimum atomic E-state index is -0.549. The minimum Gasteiger partial charge on any atom is -0.342 e. The Labute approximate surface area is 153 Å². The van der Waals surface area contributed by atoms with Crippen molar-refractivity contribution < 1.29 is 14.5 Å². The van der Waals surface area contributed by atoms with Crippen LogP contribution in [0, 0.1) is 10.1 Å². The third-order valence-corrected chi connectivity index (χ3v) is 4.31. The second-order valence-electron chi connectivity index (χ2n) is 6.12. The number of urea groups is 1. The maximum Gasteiger partial charge on any atom is 0.326 e. The summed E-state index contributed by atoms with van der Waals surface area (Å²) in [6, 6.07) is 13.5. The maximum absolute atomic E-state index is 11.8. The van der Waals surface area contributed by atoms with E-state index in [0.29, 0.717) is 6.54 Å². The second kappa shape index (κ2) is 6.41. The van der Waals surface area contributed by atoms with E-state index in [1.807, 2.05) is 41.1 Å². The summed E-state index contributed by atoms with van der Waals surface area (Å²) >= 11 is 0. The molecule has 8 nitrogen and oxygen atoms in total. The number of rotatable bonds is 4. The third kappa shape index (κ3) is 3.15. The van der Waals surface area contributed by atoms with Gasteiger partial charge in [0.15, 0.2) is 0 Å². The van der Waals surface area contributed by atoms with Crippen molar-refractivity contribution in [3.8, 4) is 0 Å². The summed E-state index contributed by atoms with van der Waals surface area (Å²) in [6.07, 6.45) is 3.47. The summed E-state index contributed by atoms with van der Waals surface area (Å²) in [5, 5.41) is 16.5. The molecule has 2 N–H and O–H groups in total. The first-order valence-electron chi connectivity index (χ1n) is 8.16. The Kier molecular flexibility index (Phi) is 3.92. The van der Waals surface area contributed by atoms with E-state index in [-0.39, 0.29) is 11.4 Å². The Morgan fingerprint density at radius 1 is 1.07 bits per heavy atom. The van der Waals surface area contributed by atoms with E-state index >= 15 is 0 Å². The van der Waals surface area contributed by atoms with Crippen LogP contribution in [-0.4, -0.2) is 21.4 Å². The monoisotopic (exact) mass is 362 g/mol. The van der Waals surface area contributed by atoms with Gasteiger partial charge >= 0.3 is 6.03 Å². The molecule has 1 aliphatic rings. The van der Waals surface area contributed by atoms with Gasteiger partial charge in [-0.3, -0.25) is 20.2 Å². The number of benzene rings is 2. The summed E-state index contributed by atoms with van der Waals surface area (Å²) < 4.78 is 1.95. The van der Waals surface area contributed by atoms with Crippen LogP contribution < -0.4 is 10.6 Å². The molecule has 4 rings (SSSR count). The minimum absolute atomic E-state index is 0.0386. The van der Waals surface area contributed by atoms with Crippen LogP contribution in [0.2, 0.25) is 0 Å². The molecule has 0 spiro atoms. The molecule has 2 aromatic carbocycles. The fourth-order valence-corrected chi connectivity index (χ4v) is 3.12. The molecule has 134 valence electrons. The predicted molar refractivity (Wildman–Crippen MR) is 98.8 cm³/mol. The zero-order valence-corrected chi connectivity index (χ0v) is 14.0. The lowest BCUT2D eigenvalue weighted by Gasteiger charge is -2.05. The number of hydrogen-bond acceptors (Lipinski definition) is 4. The lowest BCUT2D eigenvalue weighted by Crippen LogP contribution is -2.22. The van der Waals surface area contributed by atoms with Crippen LogP contribution in [-0.2, 0) is 11.3 Å². The number of amides is 3. The molecule has 0 atom stereocenters. The number of nitrogens with one attached hydrogen (secondary N) is 2. The zero-order chi connectivity index (χ0) is 19.0. The number of fused-ring (bicyclic) bond motifs is 1. The average Bonchev–Trinajstić information content (AvgIpc) is 3.15. The molecule has 0 radical (unpaired) electrons. The number of nitro groups is 1. The molecule has 1 fully saturated rings. The number of carbonyl (C=O) groups excluding carboxylic acids is 2. The van der Waals surface area contributed by atoms with Crippen LogP contribution in [0.5, 0.6) is 0 Å². The van der Waals surface area contributed by atoms with Gasteiger partial charge in [-0.1, -0.05) is 30.3 Å². The second-order valence-corrected chi connectivity index (χ2v) is 6.12. The molecule has 0 bridgehead atoms. The quantitative estimate of drug-likeness (QED) is 0.322. The van der Waals surface area contributed by atoms with E-state index in [0.717, 1.165) is 22.0 Å². The van der Waals surface area contributed by atoms with Gasteiger partial charge in [-0.25, -0.2) is 4.79 Å². The van der Waals surface area contributed by atoms with Crippen LogP contribution in [0.4, 0.5) is 10.5 Å². The zero-order valence-electron chi connectivity index (χ0n) is 14.0. The van der Waals surface area contributed by atoms with Gasteiger partial charge in [0.25, 0.3) is 11.6 Å². The Morgan fingerprint density at radius 3 is 2.63 bits per heavy atom. The molecule has 2 heterocycles. The highest BCUT2D eigenvalue weighted by Crippen LogP contribution is 2.25. The first-order valence-corrected chi connectivity index (χ1v) is 8.16. The first-order chi connectivity index (χ1) is 13.0. The summed E-state index contributed by atoms with van der Waals surface area (Å²) in [5.74, 6) is -0.476. The van der Waals surface area contributed by atoms with E-state index in [1.54, 1.807) is 12.1 Å². The lowest BCUT2D eigenvalue weighted by molar-refractivity contribution is -0.384. The van der Waals surface area contributed by atoms with Gasteiger partial charge in [0.2, 0.25) is 0 Å². The Morgan fingerprint density at radius 2 is 1.89 bits per heavy atom. The molecule has 1 aliphatic heterocycles. The van der Waals surface area contributed by atoms with Crippen LogP contribution in [0.15, 0.2) is 60.4 Å². The lowest BCUT2D eigenvalue weighted by atomic mass is 10.1. The number of para-hydroxylation sites is 1. The van der Waals surface area contributed by atoms with Crippen molar-refractivity contribution in [2.75, 3.05) is 0 Å². The van der Waals surface area contributed by atoms with Gasteiger partial charge in [0.1, 0.15) is 5.70 Å². The summed E-state index contributed by atoms with van der Waals surface area (Å²) in [4.78, 5) is 33.7.